The zero-order chi connectivity index (χ0) is 14.3. The monoisotopic (exact) mass is 288 g/mol. The van der Waals surface area contributed by atoms with Gasteiger partial charge in [0.15, 0.2) is 5.69 Å². The molecule has 1 aromatic heterocycles. The van der Waals surface area contributed by atoms with E-state index in [9.17, 15) is 13.2 Å². The van der Waals surface area contributed by atoms with E-state index in [1.165, 1.54) is 7.05 Å². The Hall–Kier alpha value is -1.57. The number of hydrogen-bond acceptors (Lipinski definition) is 5. The van der Waals surface area contributed by atoms with Crippen LogP contribution in [0.4, 0.5) is 24.9 Å². The molecule has 20 heavy (non-hydrogen) atoms. The van der Waals surface area contributed by atoms with E-state index < -0.39 is 11.9 Å². The number of halogens is 3. The molecule has 2 aliphatic heterocycles. The van der Waals surface area contributed by atoms with Gasteiger partial charge in [-0.15, -0.1) is 0 Å². The van der Waals surface area contributed by atoms with Gasteiger partial charge in [-0.05, 0) is 12.8 Å². The summed E-state index contributed by atoms with van der Waals surface area (Å²) in [5.41, 5.74) is -0.925. The highest BCUT2D eigenvalue weighted by molar-refractivity contribution is 5.46. The third-order valence-corrected chi connectivity index (χ3v) is 3.59. The summed E-state index contributed by atoms with van der Waals surface area (Å²) in [6.45, 7) is 1.15. The summed E-state index contributed by atoms with van der Waals surface area (Å²) in [4.78, 5) is 9.45. The Morgan fingerprint density at radius 3 is 2.45 bits per heavy atom. The minimum atomic E-state index is -4.48. The Kier molecular flexibility index (Phi) is 3.19. The lowest BCUT2D eigenvalue weighted by Gasteiger charge is -2.33. The molecule has 0 amide bonds. The third kappa shape index (κ3) is 2.52. The number of morpholine rings is 1. The Labute approximate surface area is 114 Å². The van der Waals surface area contributed by atoms with Gasteiger partial charge < -0.3 is 15.0 Å². The number of alkyl halides is 3. The van der Waals surface area contributed by atoms with Crippen LogP contribution in [-0.4, -0.2) is 42.3 Å². The molecule has 5 nitrogen and oxygen atoms in total. The molecule has 0 spiro atoms. The molecule has 2 bridgehead atoms. The van der Waals surface area contributed by atoms with Crippen molar-refractivity contribution < 1.29 is 17.9 Å². The number of aromatic nitrogens is 2. The van der Waals surface area contributed by atoms with Crippen molar-refractivity contribution in [3.05, 3.63) is 11.8 Å². The van der Waals surface area contributed by atoms with Crippen LogP contribution < -0.4 is 10.2 Å². The predicted octanol–water partition coefficient (Wildman–Crippen LogP) is 1.90. The fourth-order valence-electron chi connectivity index (χ4n) is 2.66. The van der Waals surface area contributed by atoms with Gasteiger partial charge in [0, 0.05) is 26.2 Å². The summed E-state index contributed by atoms with van der Waals surface area (Å²) < 4.78 is 44.2. The standard InChI is InChI=1S/C12H15F3N4O/c1-16-11-17-9(12(13,14)15)4-10(18-11)19-5-7-2-3-8(6-19)20-7/h4,7-8H,2-3,5-6H2,1H3,(H,16,17,18). The van der Waals surface area contributed by atoms with Crippen LogP contribution in [0.25, 0.3) is 0 Å². The van der Waals surface area contributed by atoms with Crippen molar-refractivity contribution in [2.75, 3.05) is 30.4 Å². The van der Waals surface area contributed by atoms with Gasteiger partial charge in [0.1, 0.15) is 5.82 Å². The fourth-order valence-corrected chi connectivity index (χ4v) is 2.66. The molecule has 0 saturated carbocycles. The maximum absolute atomic E-state index is 12.9. The van der Waals surface area contributed by atoms with Gasteiger partial charge in [-0.3, -0.25) is 0 Å². The van der Waals surface area contributed by atoms with Gasteiger partial charge >= 0.3 is 6.18 Å². The van der Waals surface area contributed by atoms with Crippen molar-refractivity contribution in [2.24, 2.45) is 0 Å². The molecule has 1 aromatic rings. The maximum Gasteiger partial charge on any atom is 0.433 e. The van der Waals surface area contributed by atoms with Crippen LogP contribution >= 0.6 is 0 Å². The Morgan fingerprint density at radius 1 is 1.25 bits per heavy atom. The van der Waals surface area contributed by atoms with Crippen LogP contribution in [-0.2, 0) is 10.9 Å². The lowest BCUT2D eigenvalue weighted by atomic mass is 10.2. The van der Waals surface area contributed by atoms with Crippen LogP contribution in [0.2, 0.25) is 0 Å². The summed E-state index contributed by atoms with van der Waals surface area (Å²) in [7, 11) is 1.50. The highest BCUT2D eigenvalue weighted by Crippen LogP contribution is 2.33. The molecule has 2 fully saturated rings. The summed E-state index contributed by atoms with van der Waals surface area (Å²) in [6, 6.07) is 1.01. The summed E-state index contributed by atoms with van der Waals surface area (Å²) >= 11 is 0. The number of ether oxygens (including phenoxy) is 1. The van der Waals surface area contributed by atoms with E-state index in [0.29, 0.717) is 18.9 Å². The Balaban J connectivity index is 1.92. The summed E-state index contributed by atoms with van der Waals surface area (Å²) in [5.74, 6) is 0.283. The number of nitrogens with one attached hydrogen (secondary N) is 1. The van der Waals surface area contributed by atoms with Gasteiger partial charge in [0.05, 0.1) is 12.2 Å². The molecule has 0 aromatic carbocycles. The van der Waals surface area contributed by atoms with Crippen molar-refractivity contribution in [1.29, 1.82) is 0 Å². The molecule has 2 atom stereocenters. The van der Waals surface area contributed by atoms with E-state index in [-0.39, 0.29) is 18.2 Å². The van der Waals surface area contributed by atoms with E-state index in [4.69, 9.17) is 4.74 Å². The zero-order valence-corrected chi connectivity index (χ0v) is 10.9. The van der Waals surface area contributed by atoms with Gasteiger partial charge in [-0.25, -0.2) is 4.98 Å². The van der Waals surface area contributed by atoms with Crippen molar-refractivity contribution >= 4 is 11.8 Å². The Morgan fingerprint density at radius 2 is 1.90 bits per heavy atom. The number of nitrogens with zero attached hydrogens (tertiary/aromatic N) is 3. The van der Waals surface area contributed by atoms with Gasteiger partial charge in [0.25, 0.3) is 0 Å². The molecule has 3 rings (SSSR count). The summed E-state index contributed by atoms with van der Waals surface area (Å²) in [5, 5.41) is 2.58. The molecule has 2 saturated heterocycles. The molecule has 110 valence electrons. The van der Waals surface area contributed by atoms with Crippen LogP contribution in [0.15, 0.2) is 6.07 Å². The molecular formula is C12H15F3N4O. The second-order valence-electron chi connectivity index (χ2n) is 5.05. The molecule has 1 N–H and O–H groups in total. The average molecular weight is 288 g/mol. The normalized spacial score (nSPS) is 25.9. The van der Waals surface area contributed by atoms with E-state index in [1.807, 2.05) is 4.90 Å². The molecule has 2 aliphatic rings. The van der Waals surface area contributed by atoms with E-state index in [0.717, 1.165) is 18.9 Å². The average Bonchev–Trinajstić information content (AvgIpc) is 2.76. The van der Waals surface area contributed by atoms with E-state index in [2.05, 4.69) is 15.3 Å². The van der Waals surface area contributed by atoms with E-state index in [1.54, 1.807) is 0 Å². The molecule has 0 radical (unpaired) electrons. The highest BCUT2D eigenvalue weighted by atomic mass is 19.4. The van der Waals surface area contributed by atoms with Gasteiger partial charge in [-0.2, -0.15) is 18.2 Å². The summed E-state index contributed by atoms with van der Waals surface area (Å²) in [6.07, 6.45) is -2.38. The minimum absolute atomic E-state index is 0.0198. The topological polar surface area (TPSA) is 50.3 Å². The molecule has 2 unspecified atom stereocenters. The first-order valence-electron chi connectivity index (χ1n) is 6.50. The first-order valence-corrected chi connectivity index (χ1v) is 6.50. The third-order valence-electron chi connectivity index (χ3n) is 3.59. The largest absolute Gasteiger partial charge is 0.433 e. The minimum Gasteiger partial charge on any atom is -0.371 e. The van der Waals surface area contributed by atoms with E-state index >= 15 is 0 Å². The number of fused-ring (bicyclic) bond motifs is 2. The van der Waals surface area contributed by atoms with Crippen molar-refractivity contribution in [1.82, 2.24) is 9.97 Å². The van der Waals surface area contributed by atoms with Crippen LogP contribution in [0.1, 0.15) is 18.5 Å². The van der Waals surface area contributed by atoms with Crippen molar-refractivity contribution in [2.45, 2.75) is 31.2 Å². The van der Waals surface area contributed by atoms with Gasteiger partial charge in [-0.1, -0.05) is 0 Å². The lowest BCUT2D eigenvalue weighted by Crippen LogP contribution is -2.43. The number of rotatable bonds is 2. The SMILES string of the molecule is CNc1nc(N2CC3CCC(C2)O3)cc(C(F)(F)F)n1. The van der Waals surface area contributed by atoms with Gasteiger partial charge in [0.2, 0.25) is 5.95 Å². The first-order chi connectivity index (χ1) is 9.45. The first kappa shape index (κ1) is 13.4. The highest BCUT2D eigenvalue weighted by Gasteiger charge is 2.37. The zero-order valence-electron chi connectivity index (χ0n) is 10.9. The van der Waals surface area contributed by atoms with Crippen LogP contribution in [0.3, 0.4) is 0 Å². The fraction of sp³-hybridized carbons (Fsp3) is 0.667. The van der Waals surface area contributed by atoms with Crippen molar-refractivity contribution in [3.63, 3.8) is 0 Å². The molecule has 3 heterocycles. The molecule has 0 aliphatic carbocycles. The second kappa shape index (κ2) is 4.76. The quantitative estimate of drug-likeness (QED) is 0.901. The van der Waals surface area contributed by atoms with Crippen LogP contribution in [0, 0.1) is 0 Å². The smallest absolute Gasteiger partial charge is 0.371 e. The number of hydrogen-bond donors (Lipinski definition) is 1. The maximum atomic E-state index is 12.9. The molecule has 8 heteroatoms. The Bertz CT molecular complexity index is 496. The lowest BCUT2D eigenvalue weighted by molar-refractivity contribution is -0.141. The van der Waals surface area contributed by atoms with Crippen molar-refractivity contribution in [3.8, 4) is 0 Å². The molecular weight excluding hydrogens is 273 g/mol. The predicted molar refractivity (Wildman–Crippen MR) is 66.7 cm³/mol. The van der Waals surface area contributed by atoms with Crippen LogP contribution in [0.5, 0.6) is 0 Å². The second-order valence-corrected chi connectivity index (χ2v) is 5.05. The number of anilines is 2.